The number of halogens is 1. The molecule has 0 heterocycles. The van der Waals surface area contributed by atoms with Gasteiger partial charge >= 0.3 is 0 Å². The van der Waals surface area contributed by atoms with Crippen molar-refractivity contribution in [2.24, 2.45) is 0 Å². The summed E-state index contributed by atoms with van der Waals surface area (Å²) in [5, 5.41) is 11.3. The van der Waals surface area contributed by atoms with Crippen LogP contribution in [-0.2, 0) is 17.9 Å². The Morgan fingerprint density at radius 1 is 0.914 bits per heavy atom. The zero-order chi connectivity index (χ0) is 25.0. The molecular formula is C27H27ClN2O5. The molecule has 35 heavy (non-hydrogen) atoms. The third kappa shape index (κ3) is 7.65. The molecule has 0 spiro atoms. The third-order valence-corrected chi connectivity index (χ3v) is 5.80. The van der Waals surface area contributed by atoms with Crippen LogP contribution >= 0.6 is 11.6 Å². The van der Waals surface area contributed by atoms with Crippen LogP contribution in [0.1, 0.15) is 47.2 Å². The van der Waals surface area contributed by atoms with Crippen LogP contribution in [0.4, 0.5) is 5.69 Å². The lowest BCUT2D eigenvalue weighted by Crippen LogP contribution is -2.29. The monoisotopic (exact) mass is 494 g/mol. The Labute approximate surface area is 209 Å². The minimum atomic E-state index is -0.644. The molecule has 0 fully saturated rings. The third-order valence-electron chi connectivity index (χ3n) is 5.51. The maximum Gasteiger partial charge on any atom is 0.283 e. The van der Waals surface area contributed by atoms with Crippen LogP contribution in [0.2, 0.25) is 5.02 Å². The number of carbonyl (C=O) groups excluding carboxylic acids is 2. The van der Waals surface area contributed by atoms with E-state index in [0.29, 0.717) is 38.6 Å². The molecule has 8 heteroatoms. The predicted octanol–water partition coefficient (Wildman–Crippen LogP) is 6.23. The standard InChI is InChI=1S/C27H27ClN2O5/c28-24-15-16-25(30(33)34)23(20-31)27(24)35-17-9-3-8-14-26(32)29(18-21-10-4-1-5-11-21)19-22-12-6-2-7-13-22/h1-2,4-7,10-13,15-16,20H,3,8-9,14,17-19H2. The van der Waals surface area contributed by atoms with Gasteiger partial charge in [0.1, 0.15) is 5.56 Å². The van der Waals surface area contributed by atoms with Crippen molar-refractivity contribution in [2.45, 2.75) is 38.8 Å². The second-order valence-electron chi connectivity index (χ2n) is 8.06. The molecule has 0 aromatic heterocycles. The number of ether oxygens (including phenoxy) is 1. The van der Waals surface area contributed by atoms with Crippen molar-refractivity contribution in [2.75, 3.05) is 6.61 Å². The van der Waals surface area contributed by atoms with Crippen LogP contribution in [0.3, 0.4) is 0 Å². The fourth-order valence-electron chi connectivity index (χ4n) is 3.71. The number of amides is 1. The van der Waals surface area contributed by atoms with Gasteiger partial charge in [0, 0.05) is 25.6 Å². The number of carbonyl (C=O) groups is 2. The van der Waals surface area contributed by atoms with Crippen LogP contribution in [0.25, 0.3) is 0 Å². The van der Waals surface area contributed by atoms with Gasteiger partial charge in [-0.3, -0.25) is 19.7 Å². The molecule has 0 saturated heterocycles. The molecule has 3 rings (SSSR count). The molecule has 0 N–H and O–H groups in total. The minimum absolute atomic E-state index is 0.0174. The molecule has 7 nitrogen and oxygen atoms in total. The molecule has 0 aliphatic rings. The van der Waals surface area contributed by atoms with Crippen molar-refractivity contribution in [3.63, 3.8) is 0 Å². The Morgan fingerprint density at radius 3 is 2.06 bits per heavy atom. The van der Waals surface area contributed by atoms with Gasteiger partial charge in [0.05, 0.1) is 16.6 Å². The number of nitro benzene ring substituents is 1. The SMILES string of the molecule is O=Cc1c([N+](=O)[O-])ccc(Cl)c1OCCCCCC(=O)N(Cc1ccccc1)Cc1ccccc1. The zero-order valence-electron chi connectivity index (χ0n) is 19.3. The summed E-state index contributed by atoms with van der Waals surface area (Å²) in [6.45, 7) is 1.31. The summed E-state index contributed by atoms with van der Waals surface area (Å²) in [6, 6.07) is 22.3. The highest BCUT2D eigenvalue weighted by Crippen LogP contribution is 2.34. The van der Waals surface area contributed by atoms with Gasteiger partial charge in [0.2, 0.25) is 5.91 Å². The Kier molecular flexibility index (Phi) is 9.80. The molecule has 0 aliphatic heterocycles. The van der Waals surface area contributed by atoms with E-state index in [1.807, 2.05) is 65.6 Å². The predicted molar refractivity (Wildman–Crippen MR) is 135 cm³/mol. The number of nitrogens with zero attached hydrogens (tertiary/aromatic N) is 2. The lowest BCUT2D eigenvalue weighted by atomic mass is 10.1. The number of aldehydes is 1. The van der Waals surface area contributed by atoms with Gasteiger partial charge in [-0.15, -0.1) is 0 Å². The van der Waals surface area contributed by atoms with E-state index in [-0.39, 0.29) is 34.5 Å². The van der Waals surface area contributed by atoms with Crippen molar-refractivity contribution in [1.29, 1.82) is 0 Å². The van der Waals surface area contributed by atoms with Gasteiger partial charge in [-0.2, -0.15) is 0 Å². The van der Waals surface area contributed by atoms with E-state index in [1.54, 1.807) is 0 Å². The normalized spacial score (nSPS) is 10.5. The van der Waals surface area contributed by atoms with Crippen LogP contribution in [-0.4, -0.2) is 28.6 Å². The van der Waals surface area contributed by atoms with Crippen molar-refractivity contribution < 1.29 is 19.2 Å². The lowest BCUT2D eigenvalue weighted by Gasteiger charge is -2.23. The highest BCUT2D eigenvalue weighted by Gasteiger charge is 2.21. The Morgan fingerprint density at radius 2 is 1.51 bits per heavy atom. The number of benzene rings is 3. The largest absolute Gasteiger partial charge is 0.491 e. The Bertz CT molecular complexity index is 1100. The van der Waals surface area contributed by atoms with Crippen LogP contribution in [0.5, 0.6) is 5.75 Å². The molecule has 0 unspecified atom stereocenters. The molecule has 3 aromatic rings. The summed E-state index contributed by atoms with van der Waals surface area (Å²) in [6.07, 6.45) is 2.79. The Balaban J connectivity index is 1.51. The molecule has 0 bridgehead atoms. The number of hydrogen-bond donors (Lipinski definition) is 0. The summed E-state index contributed by atoms with van der Waals surface area (Å²) >= 11 is 6.08. The number of nitro groups is 1. The summed E-state index contributed by atoms with van der Waals surface area (Å²) in [5.74, 6) is 0.0902. The number of hydrogen-bond acceptors (Lipinski definition) is 5. The first-order chi connectivity index (χ1) is 17.0. The highest BCUT2D eigenvalue weighted by atomic mass is 35.5. The average molecular weight is 495 g/mol. The first-order valence-corrected chi connectivity index (χ1v) is 11.8. The minimum Gasteiger partial charge on any atom is -0.491 e. The fraction of sp³-hybridized carbons (Fsp3) is 0.259. The van der Waals surface area contributed by atoms with E-state index in [0.717, 1.165) is 17.5 Å². The number of rotatable bonds is 13. The maximum absolute atomic E-state index is 13.0. The van der Waals surface area contributed by atoms with Gasteiger partial charge in [-0.05, 0) is 36.5 Å². The van der Waals surface area contributed by atoms with Crippen LogP contribution in [0, 0.1) is 10.1 Å². The maximum atomic E-state index is 13.0. The van der Waals surface area contributed by atoms with E-state index in [2.05, 4.69) is 0 Å². The first kappa shape index (κ1) is 25.9. The van der Waals surface area contributed by atoms with Gasteiger partial charge in [-0.25, -0.2) is 0 Å². The number of unbranched alkanes of at least 4 members (excludes halogenated alkanes) is 2. The topological polar surface area (TPSA) is 89.7 Å². The summed E-state index contributed by atoms with van der Waals surface area (Å²) in [7, 11) is 0. The summed E-state index contributed by atoms with van der Waals surface area (Å²) < 4.78 is 5.60. The average Bonchev–Trinajstić information content (AvgIpc) is 2.87. The van der Waals surface area contributed by atoms with E-state index >= 15 is 0 Å². The van der Waals surface area contributed by atoms with E-state index in [9.17, 15) is 19.7 Å². The van der Waals surface area contributed by atoms with Gasteiger partial charge in [-0.1, -0.05) is 72.3 Å². The molecule has 1 amide bonds. The van der Waals surface area contributed by atoms with E-state index < -0.39 is 4.92 Å². The van der Waals surface area contributed by atoms with E-state index in [1.165, 1.54) is 12.1 Å². The van der Waals surface area contributed by atoms with Crippen molar-refractivity contribution in [3.8, 4) is 5.75 Å². The molecule has 0 saturated carbocycles. The zero-order valence-corrected chi connectivity index (χ0v) is 20.0. The van der Waals surface area contributed by atoms with Gasteiger partial charge in [0.25, 0.3) is 5.69 Å². The highest BCUT2D eigenvalue weighted by molar-refractivity contribution is 6.32. The van der Waals surface area contributed by atoms with Gasteiger partial charge in [0.15, 0.2) is 12.0 Å². The second-order valence-corrected chi connectivity index (χ2v) is 8.47. The summed E-state index contributed by atoms with van der Waals surface area (Å²) in [5.41, 5.74) is 1.63. The molecule has 0 radical (unpaired) electrons. The smallest absolute Gasteiger partial charge is 0.283 e. The quantitative estimate of drug-likeness (QED) is 0.122. The molecule has 0 aliphatic carbocycles. The Hall–Kier alpha value is -3.71. The molecule has 3 aromatic carbocycles. The van der Waals surface area contributed by atoms with Crippen molar-refractivity contribution >= 4 is 29.5 Å². The van der Waals surface area contributed by atoms with E-state index in [4.69, 9.17) is 16.3 Å². The van der Waals surface area contributed by atoms with Gasteiger partial charge < -0.3 is 9.64 Å². The summed E-state index contributed by atoms with van der Waals surface area (Å²) in [4.78, 5) is 36.7. The van der Waals surface area contributed by atoms with Crippen LogP contribution in [0.15, 0.2) is 72.8 Å². The molecule has 0 atom stereocenters. The molecular weight excluding hydrogens is 468 g/mol. The fourth-order valence-corrected chi connectivity index (χ4v) is 3.93. The second kappa shape index (κ2) is 13.2. The van der Waals surface area contributed by atoms with Crippen LogP contribution < -0.4 is 4.74 Å². The molecule has 182 valence electrons. The first-order valence-electron chi connectivity index (χ1n) is 11.4. The lowest BCUT2D eigenvalue weighted by molar-refractivity contribution is -0.385. The van der Waals surface area contributed by atoms with Crippen molar-refractivity contribution in [1.82, 2.24) is 4.90 Å². The van der Waals surface area contributed by atoms with Crippen molar-refractivity contribution in [3.05, 3.63) is 105 Å².